The third kappa shape index (κ3) is 4.22. The van der Waals surface area contributed by atoms with Crippen molar-refractivity contribution in [3.8, 4) is 6.07 Å². The second-order valence-electron chi connectivity index (χ2n) is 7.53. The van der Waals surface area contributed by atoms with Crippen molar-refractivity contribution < 1.29 is 13.9 Å². The molecule has 0 spiro atoms. The summed E-state index contributed by atoms with van der Waals surface area (Å²) in [4.78, 5) is 18.7. The van der Waals surface area contributed by atoms with Gasteiger partial charge >= 0.3 is 0 Å². The van der Waals surface area contributed by atoms with Crippen molar-refractivity contribution in [2.45, 2.75) is 31.4 Å². The smallest absolute Gasteiger partial charge is 0.253 e. The van der Waals surface area contributed by atoms with Crippen molar-refractivity contribution in [3.63, 3.8) is 0 Å². The molecule has 150 valence electrons. The molecule has 1 amide bonds. The molecule has 2 saturated heterocycles. The molecule has 2 aromatic rings. The number of hydrogen-bond donors (Lipinski definition) is 1. The zero-order valence-electron chi connectivity index (χ0n) is 16.1. The number of ether oxygens (including phenoxy) is 1. The molecule has 0 radical (unpaired) electrons. The van der Waals surface area contributed by atoms with E-state index in [1.165, 1.54) is 12.1 Å². The molecule has 0 saturated carbocycles. The average molecular weight is 394 g/mol. The molecule has 7 heteroatoms. The molecule has 4 rings (SSSR count). The number of halogens is 1. The number of carbonyl (C=O) groups excluding carboxylic acids is 1. The van der Waals surface area contributed by atoms with Gasteiger partial charge in [0.15, 0.2) is 0 Å². The molecule has 3 heterocycles. The summed E-state index contributed by atoms with van der Waals surface area (Å²) in [7, 11) is 0. The van der Waals surface area contributed by atoms with Gasteiger partial charge in [0.2, 0.25) is 0 Å². The molecular formula is C22H23FN4O2. The highest BCUT2D eigenvalue weighted by molar-refractivity contribution is 5.94. The predicted octanol–water partition coefficient (Wildman–Crippen LogP) is 3.21. The Labute approximate surface area is 169 Å². The van der Waals surface area contributed by atoms with Crippen LogP contribution in [-0.2, 0) is 4.74 Å². The summed E-state index contributed by atoms with van der Waals surface area (Å²) in [5, 5.41) is 12.7. The van der Waals surface area contributed by atoms with E-state index in [2.05, 4.69) is 16.4 Å². The van der Waals surface area contributed by atoms with Crippen LogP contribution in [-0.4, -0.2) is 47.6 Å². The lowest BCUT2D eigenvalue weighted by molar-refractivity contribution is 0.0260. The number of piperidine rings is 1. The molecule has 2 atom stereocenters. The van der Waals surface area contributed by atoms with Crippen molar-refractivity contribution in [2.24, 2.45) is 5.92 Å². The van der Waals surface area contributed by atoms with Crippen LogP contribution in [0.2, 0.25) is 0 Å². The van der Waals surface area contributed by atoms with E-state index in [9.17, 15) is 14.4 Å². The van der Waals surface area contributed by atoms with Crippen molar-refractivity contribution in [1.29, 1.82) is 5.26 Å². The summed E-state index contributed by atoms with van der Waals surface area (Å²) in [6.45, 7) is 1.92. The monoisotopic (exact) mass is 394 g/mol. The number of carbonyl (C=O) groups is 1. The number of likely N-dealkylation sites (tertiary alicyclic amines) is 1. The lowest BCUT2D eigenvalue weighted by atomic mass is 9.87. The predicted molar refractivity (Wildman–Crippen MR) is 106 cm³/mol. The Kier molecular flexibility index (Phi) is 5.72. The van der Waals surface area contributed by atoms with Gasteiger partial charge in [0.05, 0.1) is 17.7 Å². The number of pyridine rings is 1. The van der Waals surface area contributed by atoms with Gasteiger partial charge in [-0.05, 0) is 55.5 Å². The second-order valence-corrected chi connectivity index (χ2v) is 7.53. The van der Waals surface area contributed by atoms with Crippen LogP contribution in [0.1, 0.15) is 35.2 Å². The number of nitrogens with zero attached hydrogens (tertiary/aromatic N) is 3. The van der Waals surface area contributed by atoms with Gasteiger partial charge in [0.1, 0.15) is 17.7 Å². The number of nitrogens with one attached hydrogen (secondary N) is 1. The number of benzene rings is 1. The van der Waals surface area contributed by atoms with E-state index in [0.717, 1.165) is 19.3 Å². The number of anilines is 1. The minimum atomic E-state index is -0.398. The normalized spacial score (nSPS) is 22.3. The fourth-order valence-electron chi connectivity index (χ4n) is 4.25. The Morgan fingerprint density at radius 2 is 2.07 bits per heavy atom. The number of nitriles is 1. The highest BCUT2D eigenvalue weighted by atomic mass is 19.1. The van der Waals surface area contributed by atoms with Crippen LogP contribution < -0.4 is 5.32 Å². The molecule has 2 aliphatic rings. The fourth-order valence-corrected chi connectivity index (χ4v) is 4.25. The van der Waals surface area contributed by atoms with E-state index in [0.29, 0.717) is 42.6 Å². The first kappa shape index (κ1) is 19.3. The van der Waals surface area contributed by atoms with Crippen LogP contribution in [0, 0.1) is 23.1 Å². The van der Waals surface area contributed by atoms with Crippen molar-refractivity contribution >= 4 is 11.7 Å². The Hall–Kier alpha value is -2.98. The average Bonchev–Trinajstić information content (AvgIpc) is 3.22. The third-order valence-electron chi connectivity index (χ3n) is 5.75. The summed E-state index contributed by atoms with van der Waals surface area (Å²) >= 11 is 0. The maximum Gasteiger partial charge on any atom is 0.253 e. The highest BCUT2D eigenvalue weighted by Gasteiger charge is 2.37. The topological polar surface area (TPSA) is 78.2 Å². The van der Waals surface area contributed by atoms with Crippen LogP contribution in [0.4, 0.5) is 10.2 Å². The first-order chi connectivity index (χ1) is 14.2. The summed E-state index contributed by atoms with van der Waals surface area (Å²) in [5.74, 6) is 0.386. The molecular weight excluding hydrogens is 371 g/mol. The van der Waals surface area contributed by atoms with Crippen LogP contribution in [0.5, 0.6) is 0 Å². The molecule has 0 unspecified atom stereocenters. The van der Waals surface area contributed by atoms with Gasteiger partial charge in [-0.15, -0.1) is 0 Å². The molecule has 29 heavy (non-hydrogen) atoms. The lowest BCUT2D eigenvalue weighted by Crippen LogP contribution is -2.44. The van der Waals surface area contributed by atoms with Gasteiger partial charge in [-0.3, -0.25) is 4.79 Å². The quantitative estimate of drug-likeness (QED) is 0.862. The summed E-state index contributed by atoms with van der Waals surface area (Å²) in [6.07, 6.45) is 4.21. The van der Waals surface area contributed by atoms with Crippen LogP contribution >= 0.6 is 0 Å². The summed E-state index contributed by atoms with van der Waals surface area (Å²) in [5.41, 5.74) is 0.910. The minimum Gasteiger partial charge on any atom is -0.376 e. The van der Waals surface area contributed by atoms with E-state index >= 15 is 0 Å². The Balaban J connectivity index is 1.37. The molecule has 2 aliphatic heterocycles. The van der Waals surface area contributed by atoms with Gasteiger partial charge in [-0.2, -0.15) is 5.26 Å². The molecule has 0 bridgehead atoms. The van der Waals surface area contributed by atoms with Gasteiger partial charge in [0.25, 0.3) is 5.91 Å². The maximum absolute atomic E-state index is 13.4. The second kappa shape index (κ2) is 8.58. The van der Waals surface area contributed by atoms with E-state index < -0.39 is 5.82 Å². The van der Waals surface area contributed by atoms with Gasteiger partial charge < -0.3 is 15.0 Å². The van der Waals surface area contributed by atoms with E-state index in [4.69, 9.17) is 4.74 Å². The zero-order chi connectivity index (χ0) is 20.2. The molecule has 6 nitrogen and oxygen atoms in total. The van der Waals surface area contributed by atoms with Crippen LogP contribution in [0.15, 0.2) is 42.6 Å². The van der Waals surface area contributed by atoms with Gasteiger partial charge in [-0.25, -0.2) is 9.37 Å². The largest absolute Gasteiger partial charge is 0.376 e. The Morgan fingerprint density at radius 3 is 2.83 bits per heavy atom. The first-order valence-electron chi connectivity index (χ1n) is 9.94. The van der Waals surface area contributed by atoms with Gasteiger partial charge in [0, 0.05) is 31.5 Å². The Bertz CT molecular complexity index is 921. The summed E-state index contributed by atoms with van der Waals surface area (Å²) in [6, 6.07) is 11.6. The van der Waals surface area contributed by atoms with E-state index in [-0.39, 0.29) is 18.1 Å². The molecule has 0 aliphatic carbocycles. The molecule has 1 aromatic carbocycles. The number of aromatic nitrogens is 1. The third-order valence-corrected chi connectivity index (χ3v) is 5.75. The van der Waals surface area contributed by atoms with Crippen molar-refractivity contribution in [3.05, 3.63) is 59.5 Å². The van der Waals surface area contributed by atoms with Crippen molar-refractivity contribution in [1.82, 2.24) is 9.88 Å². The number of amides is 1. The fraction of sp³-hybridized carbons (Fsp3) is 0.409. The van der Waals surface area contributed by atoms with Gasteiger partial charge in [-0.1, -0.05) is 6.07 Å². The molecule has 1 N–H and O–H groups in total. The SMILES string of the molecule is N#Cc1cccnc1N[C@@H]1CCO[C@H]1C1CCN(C(=O)c2cccc(F)c2)CC1. The summed E-state index contributed by atoms with van der Waals surface area (Å²) < 4.78 is 19.4. The van der Waals surface area contributed by atoms with E-state index in [1.807, 2.05) is 0 Å². The van der Waals surface area contributed by atoms with Crippen LogP contribution in [0.25, 0.3) is 0 Å². The highest BCUT2D eigenvalue weighted by Crippen LogP contribution is 2.31. The maximum atomic E-state index is 13.4. The molecule has 1 aromatic heterocycles. The lowest BCUT2D eigenvalue weighted by Gasteiger charge is -2.36. The minimum absolute atomic E-state index is 0.0231. The number of hydrogen-bond acceptors (Lipinski definition) is 5. The Morgan fingerprint density at radius 1 is 1.24 bits per heavy atom. The van der Waals surface area contributed by atoms with E-state index in [1.54, 1.807) is 35.4 Å². The first-order valence-corrected chi connectivity index (χ1v) is 9.94. The molecule has 2 fully saturated rings. The van der Waals surface area contributed by atoms with Crippen molar-refractivity contribution in [2.75, 3.05) is 25.0 Å². The standard InChI is InChI=1S/C22H23FN4O2/c23-18-5-1-3-16(13-18)22(28)27-10-6-15(7-11-27)20-19(8-12-29-20)26-21-17(14-24)4-2-9-25-21/h1-5,9,13,15,19-20H,6-8,10-12H2,(H,25,26)/t19-,20+/m1/s1. The van der Waals surface area contributed by atoms with Crippen LogP contribution in [0.3, 0.4) is 0 Å². The number of rotatable bonds is 4. The zero-order valence-corrected chi connectivity index (χ0v) is 16.1.